The van der Waals surface area contributed by atoms with E-state index in [1.54, 1.807) is 24.3 Å². The van der Waals surface area contributed by atoms with Gasteiger partial charge in [0.1, 0.15) is 11.5 Å². The highest BCUT2D eigenvalue weighted by Gasteiger charge is 2.22. The van der Waals surface area contributed by atoms with Crippen LogP contribution in [0.15, 0.2) is 72.8 Å². The summed E-state index contributed by atoms with van der Waals surface area (Å²) in [5.41, 5.74) is 3.38. The summed E-state index contributed by atoms with van der Waals surface area (Å²) in [6, 6.07) is 22.0. The fourth-order valence-electron chi connectivity index (χ4n) is 5.65. The molecule has 0 fully saturated rings. The lowest BCUT2D eigenvalue weighted by molar-refractivity contribution is 0.0720. The van der Waals surface area contributed by atoms with E-state index in [-0.39, 0.29) is 10.8 Å². The molecule has 0 saturated carbocycles. The molecule has 0 aliphatic heterocycles. The van der Waals surface area contributed by atoms with Gasteiger partial charge in [0, 0.05) is 0 Å². The molecule has 0 bridgehead atoms. The number of rotatable bonds is 18. The zero-order valence-electron chi connectivity index (χ0n) is 28.0. The Labute approximate surface area is 266 Å². The average Bonchev–Trinajstić information content (AvgIpc) is 3.01. The summed E-state index contributed by atoms with van der Waals surface area (Å²) in [7, 11) is 0. The van der Waals surface area contributed by atoms with Gasteiger partial charge >= 0.3 is 11.9 Å². The molecule has 4 heteroatoms. The van der Waals surface area contributed by atoms with Crippen molar-refractivity contribution in [2.45, 2.75) is 129 Å². The van der Waals surface area contributed by atoms with Crippen LogP contribution >= 0.6 is 0 Å². The molecule has 0 radical (unpaired) electrons. The predicted molar refractivity (Wildman–Crippen MR) is 182 cm³/mol. The zero-order chi connectivity index (χ0) is 32.0. The summed E-state index contributed by atoms with van der Waals surface area (Å²) in [6.45, 7) is 13.6. The molecule has 0 aromatic heterocycles. The van der Waals surface area contributed by atoms with Gasteiger partial charge in [0.15, 0.2) is 0 Å². The molecule has 0 N–H and O–H groups in total. The third-order valence-electron chi connectivity index (χ3n) is 8.86. The number of carbonyl (C=O) groups is 2. The van der Waals surface area contributed by atoms with Crippen LogP contribution in [-0.2, 0) is 10.8 Å². The Hall–Kier alpha value is -3.40. The van der Waals surface area contributed by atoms with E-state index >= 15 is 0 Å². The van der Waals surface area contributed by atoms with Gasteiger partial charge < -0.3 is 9.47 Å². The average molecular weight is 599 g/mol. The van der Waals surface area contributed by atoms with Gasteiger partial charge in [-0.15, -0.1) is 0 Å². The van der Waals surface area contributed by atoms with Crippen molar-refractivity contribution in [3.8, 4) is 11.5 Å². The number of unbranched alkanes of at least 4 members (excludes halogenated alkanes) is 8. The number of ether oxygens (including phenoxy) is 2. The molecule has 0 aliphatic carbocycles. The number of esters is 2. The zero-order valence-corrected chi connectivity index (χ0v) is 28.0. The Morgan fingerprint density at radius 1 is 0.477 bits per heavy atom. The van der Waals surface area contributed by atoms with E-state index in [1.165, 1.54) is 75.3 Å². The summed E-state index contributed by atoms with van der Waals surface area (Å²) < 4.78 is 11.2. The van der Waals surface area contributed by atoms with Gasteiger partial charge in [-0.25, -0.2) is 9.59 Å². The van der Waals surface area contributed by atoms with E-state index in [0.29, 0.717) is 22.6 Å². The van der Waals surface area contributed by atoms with Crippen LogP contribution in [0.3, 0.4) is 0 Å². The largest absolute Gasteiger partial charge is 0.423 e. The first kappa shape index (κ1) is 35.1. The van der Waals surface area contributed by atoms with Crippen LogP contribution in [0.25, 0.3) is 0 Å². The van der Waals surface area contributed by atoms with Gasteiger partial charge in [-0.1, -0.05) is 130 Å². The van der Waals surface area contributed by atoms with Crippen molar-refractivity contribution in [1.29, 1.82) is 0 Å². The van der Waals surface area contributed by atoms with Crippen LogP contribution in [0.5, 0.6) is 11.5 Å². The Bertz CT molecular complexity index is 1180. The molecule has 3 aromatic rings. The second-order valence-electron chi connectivity index (χ2n) is 13.5. The number of hydrogen-bond acceptors (Lipinski definition) is 4. The van der Waals surface area contributed by atoms with Crippen molar-refractivity contribution in [3.63, 3.8) is 0 Å². The van der Waals surface area contributed by atoms with Crippen molar-refractivity contribution >= 4 is 11.9 Å². The van der Waals surface area contributed by atoms with Crippen molar-refractivity contribution < 1.29 is 19.1 Å². The van der Waals surface area contributed by atoms with Gasteiger partial charge in [0.05, 0.1) is 11.1 Å². The minimum absolute atomic E-state index is 0.0748. The monoisotopic (exact) mass is 598 g/mol. The van der Waals surface area contributed by atoms with Crippen LogP contribution in [0.4, 0.5) is 0 Å². The lowest BCUT2D eigenvalue weighted by Crippen LogP contribution is -2.17. The van der Waals surface area contributed by atoms with Gasteiger partial charge in [0.2, 0.25) is 0 Å². The number of benzene rings is 3. The van der Waals surface area contributed by atoms with E-state index in [0.717, 1.165) is 12.8 Å². The fraction of sp³-hybridized carbons (Fsp3) is 0.500. The van der Waals surface area contributed by atoms with E-state index in [1.807, 2.05) is 24.3 Å². The van der Waals surface area contributed by atoms with Crippen LogP contribution in [0.2, 0.25) is 0 Å². The van der Waals surface area contributed by atoms with Gasteiger partial charge in [0.25, 0.3) is 0 Å². The van der Waals surface area contributed by atoms with E-state index in [9.17, 15) is 9.59 Å². The molecule has 4 nitrogen and oxygen atoms in total. The molecular weight excluding hydrogens is 544 g/mol. The summed E-state index contributed by atoms with van der Waals surface area (Å²) in [4.78, 5) is 25.6. The molecule has 0 spiro atoms. The highest BCUT2D eigenvalue weighted by atomic mass is 16.5. The van der Waals surface area contributed by atoms with E-state index in [2.05, 4.69) is 65.8 Å². The van der Waals surface area contributed by atoms with Gasteiger partial charge in [-0.3, -0.25) is 0 Å². The van der Waals surface area contributed by atoms with Crippen molar-refractivity contribution in [3.05, 3.63) is 95.1 Å². The van der Waals surface area contributed by atoms with Crippen LogP contribution in [0.1, 0.15) is 150 Å². The van der Waals surface area contributed by atoms with Crippen LogP contribution < -0.4 is 9.47 Å². The normalized spacial score (nSPS) is 11.8. The number of hydrogen-bond donors (Lipinski definition) is 0. The molecule has 0 atom stereocenters. The van der Waals surface area contributed by atoms with E-state index < -0.39 is 11.9 Å². The standard InChI is InChI=1S/C40H54O4/c1-7-9-11-13-15-29-39(3,4)33-21-25-35(26-22-33)43-37(41)31-17-19-32(20-18-31)38(42)44-36-27-23-34(24-28-36)40(5,6)30-16-14-12-10-8-2/h17-28H,7-16,29-30H2,1-6H3. The Morgan fingerprint density at radius 2 is 0.795 bits per heavy atom. The minimum atomic E-state index is -0.462. The topological polar surface area (TPSA) is 52.6 Å². The Balaban J connectivity index is 1.50. The van der Waals surface area contributed by atoms with Crippen molar-refractivity contribution in [1.82, 2.24) is 0 Å². The minimum Gasteiger partial charge on any atom is -0.423 e. The highest BCUT2D eigenvalue weighted by molar-refractivity contribution is 5.94. The molecule has 0 unspecified atom stereocenters. The first-order valence-corrected chi connectivity index (χ1v) is 16.8. The quantitative estimate of drug-likeness (QED) is 0.0830. The molecule has 0 amide bonds. The molecule has 3 aromatic carbocycles. The first-order valence-electron chi connectivity index (χ1n) is 16.8. The van der Waals surface area contributed by atoms with Gasteiger partial charge in [-0.05, 0) is 83.3 Å². The summed E-state index contributed by atoms with van der Waals surface area (Å²) in [6.07, 6.45) is 15.0. The summed E-state index contributed by atoms with van der Waals surface area (Å²) >= 11 is 0. The lowest BCUT2D eigenvalue weighted by Gasteiger charge is -2.25. The predicted octanol–water partition coefficient (Wildman–Crippen LogP) is 11.4. The highest BCUT2D eigenvalue weighted by Crippen LogP contribution is 2.32. The second-order valence-corrected chi connectivity index (χ2v) is 13.5. The summed E-state index contributed by atoms with van der Waals surface area (Å²) in [5.74, 6) is 0.0843. The lowest BCUT2D eigenvalue weighted by atomic mass is 9.80. The maximum Gasteiger partial charge on any atom is 0.343 e. The van der Waals surface area contributed by atoms with E-state index in [4.69, 9.17) is 9.47 Å². The molecule has 0 saturated heterocycles. The van der Waals surface area contributed by atoms with Gasteiger partial charge in [-0.2, -0.15) is 0 Å². The SMILES string of the molecule is CCCCCCCC(C)(C)c1ccc(OC(=O)c2ccc(C(=O)Oc3ccc(C(C)(C)CCCCCCC)cc3)cc2)cc1. The second kappa shape index (κ2) is 17.2. The summed E-state index contributed by atoms with van der Waals surface area (Å²) in [5, 5.41) is 0. The molecule has 3 rings (SSSR count). The fourth-order valence-corrected chi connectivity index (χ4v) is 5.65. The Morgan fingerprint density at radius 3 is 1.11 bits per heavy atom. The smallest absolute Gasteiger partial charge is 0.343 e. The first-order chi connectivity index (χ1) is 21.1. The number of carbonyl (C=O) groups excluding carboxylic acids is 2. The van der Waals surface area contributed by atoms with Crippen molar-refractivity contribution in [2.75, 3.05) is 0 Å². The van der Waals surface area contributed by atoms with Crippen molar-refractivity contribution in [2.24, 2.45) is 0 Å². The third kappa shape index (κ3) is 10.9. The maximum absolute atomic E-state index is 12.8. The molecule has 238 valence electrons. The molecule has 44 heavy (non-hydrogen) atoms. The molecule has 0 aliphatic rings. The third-order valence-corrected chi connectivity index (χ3v) is 8.86. The maximum atomic E-state index is 12.8. The molecular formula is C40H54O4. The van der Waals surface area contributed by atoms with Crippen LogP contribution in [-0.4, -0.2) is 11.9 Å². The van der Waals surface area contributed by atoms with Crippen LogP contribution in [0, 0.1) is 0 Å². The molecule has 0 heterocycles. The Kier molecular flexibility index (Phi) is 13.7.